The zero-order valence-electron chi connectivity index (χ0n) is 33.0. The molecule has 4 fully saturated rings. The van der Waals surface area contributed by atoms with E-state index in [2.05, 4.69) is 20.6 Å². The molecule has 1 aromatic carbocycles. The molecular formula is C38H52N8O10S2. The van der Waals surface area contributed by atoms with Gasteiger partial charge in [-0.25, -0.2) is 26.5 Å². The number of Topliss-reactive ketones (excluding diaryl/α,β-unsaturated/α-hetero) is 1. The first-order valence-corrected chi connectivity index (χ1v) is 23.1. The lowest BCUT2D eigenvalue weighted by Crippen LogP contribution is -2.64. The maximum Gasteiger partial charge on any atom is 0.287 e. The van der Waals surface area contributed by atoms with Gasteiger partial charge in [-0.2, -0.15) is 4.31 Å². The molecule has 2 saturated carbocycles. The summed E-state index contributed by atoms with van der Waals surface area (Å²) in [5.41, 5.74) is 2.24. The van der Waals surface area contributed by atoms with Crippen LogP contribution in [0.15, 0.2) is 40.4 Å². The van der Waals surface area contributed by atoms with Crippen LogP contribution in [-0.2, 0) is 44.6 Å². The summed E-state index contributed by atoms with van der Waals surface area (Å²) < 4.78 is 54.2. The first-order valence-electron chi connectivity index (χ1n) is 19.8. The van der Waals surface area contributed by atoms with Crippen molar-refractivity contribution in [1.29, 1.82) is 0 Å². The zero-order valence-corrected chi connectivity index (χ0v) is 34.6. The molecule has 0 bridgehead atoms. The maximum absolute atomic E-state index is 14.8. The van der Waals surface area contributed by atoms with Gasteiger partial charge in [-0.3, -0.25) is 24.0 Å². The second-order valence-corrected chi connectivity index (χ2v) is 20.6. The lowest BCUT2D eigenvalue weighted by Gasteiger charge is -2.37. The van der Waals surface area contributed by atoms with Crippen molar-refractivity contribution in [2.75, 3.05) is 24.6 Å². The number of likely N-dealkylation sites (tertiary alicyclic amines) is 1. The molecule has 4 N–H and O–H groups in total. The van der Waals surface area contributed by atoms with Gasteiger partial charge in [0.15, 0.2) is 9.84 Å². The molecule has 2 aliphatic carbocycles. The number of sulfonamides is 1. The Morgan fingerprint density at radius 1 is 1.03 bits per heavy atom. The fourth-order valence-corrected chi connectivity index (χ4v) is 11.6. The molecule has 0 radical (unpaired) electrons. The second-order valence-electron chi connectivity index (χ2n) is 16.4. The van der Waals surface area contributed by atoms with E-state index in [1.54, 1.807) is 6.92 Å². The minimum Gasteiger partial charge on any atom is -0.384 e. The van der Waals surface area contributed by atoms with E-state index in [1.807, 2.05) is 0 Å². The lowest BCUT2D eigenvalue weighted by atomic mass is 9.85. The Kier molecular flexibility index (Phi) is 12.4. The molecule has 2 aromatic rings. The van der Waals surface area contributed by atoms with Crippen molar-refractivity contribution in [1.82, 2.24) is 29.5 Å². The van der Waals surface area contributed by atoms with E-state index in [1.165, 1.54) is 58.2 Å². The van der Waals surface area contributed by atoms with Gasteiger partial charge in [-0.05, 0) is 76.1 Å². The number of carbonyl (C=O) groups excluding carboxylic acids is 5. The fraction of sp³-hybridized carbons (Fsp3) is 0.632. The van der Waals surface area contributed by atoms with Crippen LogP contribution in [0.4, 0.5) is 0 Å². The highest BCUT2D eigenvalue weighted by Gasteiger charge is 2.50. The normalized spacial score (nSPS) is 22.8. The second kappa shape index (κ2) is 16.7. The molecule has 1 aromatic heterocycles. The molecule has 3 heterocycles. The Labute approximate surface area is 338 Å². The number of carbonyl (C=O) groups is 5. The molecule has 4 amide bonds. The highest BCUT2D eigenvalue weighted by molar-refractivity contribution is 7.91. The quantitative estimate of drug-likeness (QED) is 0.179. The third-order valence-corrected chi connectivity index (χ3v) is 15.4. The minimum absolute atomic E-state index is 0.00245. The Balaban J connectivity index is 1.35. The number of hydrogen-bond acceptors (Lipinski definition) is 12. The van der Waals surface area contributed by atoms with Crippen LogP contribution < -0.4 is 11.1 Å². The molecule has 6 rings (SSSR count). The van der Waals surface area contributed by atoms with Gasteiger partial charge < -0.3 is 21.1 Å². The van der Waals surface area contributed by atoms with E-state index in [0.29, 0.717) is 12.2 Å². The molecule has 18 nitrogen and oxygen atoms in total. The summed E-state index contributed by atoms with van der Waals surface area (Å²) in [6.45, 7) is 4.96. The SMILES string of the molecule is CCN(C1CC1)S(=O)(=O)c1ccc(C(=O)N=C(CC2CCCCC2)C(=O)N2C[C@@H](n3nncc3C(C)(C)O)C[C@H]2C(=O)NC2(C(=O)C(N)=O)CCS(=O)(=O)CC2)cc1. The molecular weight excluding hydrogens is 793 g/mol. The van der Waals surface area contributed by atoms with Gasteiger partial charge in [0.25, 0.3) is 17.7 Å². The Hall–Kier alpha value is -4.40. The van der Waals surface area contributed by atoms with Crippen LogP contribution in [0.3, 0.4) is 0 Å². The van der Waals surface area contributed by atoms with E-state index in [-0.39, 0.29) is 47.5 Å². The number of sulfone groups is 1. The van der Waals surface area contributed by atoms with Crippen LogP contribution >= 0.6 is 0 Å². The molecule has 4 aliphatic rings. The van der Waals surface area contributed by atoms with E-state index < -0.39 is 96.8 Å². The Morgan fingerprint density at radius 2 is 1.67 bits per heavy atom. The Bertz CT molecular complexity index is 2170. The van der Waals surface area contributed by atoms with Crippen molar-refractivity contribution in [3.05, 3.63) is 41.7 Å². The van der Waals surface area contributed by atoms with Crippen molar-refractivity contribution >= 4 is 55.0 Å². The molecule has 0 unspecified atom stereocenters. The van der Waals surface area contributed by atoms with Crippen molar-refractivity contribution in [2.45, 2.75) is 126 Å². The van der Waals surface area contributed by atoms with Gasteiger partial charge in [-0.1, -0.05) is 44.2 Å². The molecule has 0 spiro atoms. The monoisotopic (exact) mass is 844 g/mol. The van der Waals surface area contributed by atoms with Gasteiger partial charge in [0.05, 0.1) is 34.3 Å². The highest BCUT2D eigenvalue weighted by atomic mass is 32.2. The van der Waals surface area contributed by atoms with E-state index in [4.69, 9.17) is 5.73 Å². The molecule has 58 heavy (non-hydrogen) atoms. The number of amides is 4. The standard InChI is InChI=1S/C38H52N8O10S2/c1-4-45(26-12-13-26)58(55,56)28-14-10-25(11-15-28)34(49)41-29(20-24-8-6-5-7-9-24)36(51)44-23-27(46-31(22-40-43-46)37(2,3)52)21-30(44)35(50)42-38(32(47)33(39)48)16-18-57(53,54)19-17-38/h10-11,14-15,22,24,26-27,30,52H,4-9,12-13,16-21,23H2,1-3H3,(H2,39,48)(H,42,50)/t27-,30-/m0/s1. The number of rotatable bonds is 14. The largest absolute Gasteiger partial charge is 0.384 e. The number of nitrogens with two attached hydrogens (primary N) is 1. The summed E-state index contributed by atoms with van der Waals surface area (Å²) in [6.07, 6.45) is 6.55. The zero-order chi connectivity index (χ0) is 42.2. The number of ketones is 1. The Morgan fingerprint density at radius 3 is 2.24 bits per heavy atom. The lowest BCUT2D eigenvalue weighted by molar-refractivity contribution is -0.143. The fourth-order valence-electron chi connectivity index (χ4n) is 8.36. The van der Waals surface area contributed by atoms with Crippen molar-refractivity contribution < 1.29 is 45.9 Å². The third kappa shape index (κ3) is 9.24. The topological polar surface area (TPSA) is 261 Å². The van der Waals surface area contributed by atoms with Crippen molar-refractivity contribution in [2.24, 2.45) is 16.6 Å². The smallest absolute Gasteiger partial charge is 0.287 e. The first kappa shape index (κ1) is 43.2. The summed E-state index contributed by atoms with van der Waals surface area (Å²) in [5, 5.41) is 21.6. The predicted molar refractivity (Wildman–Crippen MR) is 209 cm³/mol. The summed E-state index contributed by atoms with van der Waals surface area (Å²) in [5.74, 6) is -5.88. The number of aromatic nitrogens is 3. The van der Waals surface area contributed by atoms with Gasteiger partial charge >= 0.3 is 0 Å². The van der Waals surface area contributed by atoms with Crippen LogP contribution in [0.5, 0.6) is 0 Å². The van der Waals surface area contributed by atoms with Gasteiger partial charge in [0.2, 0.25) is 21.7 Å². The summed E-state index contributed by atoms with van der Waals surface area (Å²) in [7, 11) is -7.36. The molecule has 2 atom stereocenters. The van der Waals surface area contributed by atoms with Crippen LogP contribution in [-0.4, -0.2) is 123 Å². The summed E-state index contributed by atoms with van der Waals surface area (Å²) in [6, 6.07) is 3.27. The minimum atomic E-state index is -3.80. The summed E-state index contributed by atoms with van der Waals surface area (Å²) >= 11 is 0. The van der Waals surface area contributed by atoms with Crippen LogP contribution in [0.25, 0.3) is 0 Å². The number of nitrogens with zero attached hydrogens (tertiary/aromatic N) is 6. The van der Waals surface area contributed by atoms with E-state index in [0.717, 1.165) is 44.9 Å². The number of hydrogen-bond donors (Lipinski definition) is 3. The number of nitrogens with one attached hydrogen (secondary N) is 1. The number of primary amides is 1. The van der Waals surface area contributed by atoms with Crippen molar-refractivity contribution in [3.63, 3.8) is 0 Å². The molecule has 2 aliphatic heterocycles. The van der Waals surface area contributed by atoms with Crippen LogP contribution in [0, 0.1) is 5.92 Å². The number of benzene rings is 1. The predicted octanol–water partition coefficient (Wildman–Crippen LogP) is 1.19. The first-order chi connectivity index (χ1) is 27.3. The maximum atomic E-state index is 14.8. The summed E-state index contributed by atoms with van der Waals surface area (Å²) in [4.78, 5) is 74.1. The highest BCUT2D eigenvalue weighted by Crippen LogP contribution is 2.35. The number of aliphatic hydroxyl groups is 1. The number of aliphatic imine (C=N–C) groups is 1. The van der Waals surface area contributed by atoms with Gasteiger partial charge in [0.1, 0.15) is 22.9 Å². The average molecular weight is 845 g/mol. The van der Waals surface area contributed by atoms with Crippen LogP contribution in [0.2, 0.25) is 0 Å². The molecule has 316 valence electrons. The van der Waals surface area contributed by atoms with Gasteiger partial charge in [-0.15, -0.1) is 5.10 Å². The third-order valence-electron chi connectivity index (χ3n) is 11.8. The average Bonchev–Trinajstić information content (AvgIpc) is 3.68. The molecule has 2 saturated heterocycles. The molecule has 20 heteroatoms. The van der Waals surface area contributed by atoms with Crippen molar-refractivity contribution in [3.8, 4) is 0 Å². The van der Waals surface area contributed by atoms with Crippen LogP contribution in [0.1, 0.15) is 113 Å². The van der Waals surface area contributed by atoms with E-state index >= 15 is 0 Å². The van der Waals surface area contributed by atoms with Gasteiger partial charge in [0, 0.05) is 31.1 Å². The van der Waals surface area contributed by atoms with E-state index in [9.17, 15) is 45.9 Å².